The van der Waals surface area contributed by atoms with Gasteiger partial charge in [-0.2, -0.15) is 0 Å². The predicted molar refractivity (Wildman–Crippen MR) is 122 cm³/mol. The van der Waals surface area contributed by atoms with Crippen LogP contribution in [0.15, 0.2) is 48.5 Å². The second-order valence-electron chi connectivity index (χ2n) is 7.20. The van der Waals surface area contributed by atoms with Crippen molar-refractivity contribution in [3.8, 4) is 0 Å². The van der Waals surface area contributed by atoms with E-state index in [4.69, 9.17) is 23.2 Å². The van der Waals surface area contributed by atoms with Gasteiger partial charge < -0.3 is 15.5 Å². The molecule has 0 atom stereocenters. The lowest BCUT2D eigenvalue weighted by Gasteiger charge is -2.34. The summed E-state index contributed by atoms with van der Waals surface area (Å²) in [6.07, 6.45) is 0.228. The van der Waals surface area contributed by atoms with E-state index in [9.17, 15) is 14.4 Å². The molecular formula is C22H24Cl2N4O3. The van der Waals surface area contributed by atoms with Crippen LogP contribution in [-0.4, -0.2) is 66.8 Å². The molecule has 2 aromatic rings. The number of amides is 3. The molecule has 0 radical (unpaired) electrons. The van der Waals surface area contributed by atoms with Crippen LogP contribution >= 0.6 is 23.2 Å². The van der Waals surface area contributed by atoms with Crippen molar-refractivity contribution in [3.63, 3.8) is 0 Å². The normalized spacial score (nSPS) is 14.2. The summed E-state index contributed by atoms with van der Waals surface area (Å²) < 4.78 is 0. The molecule has 7 nitrogen and oxygen atoms in total. The van der Waals surface area contributed by atoms with E-state index in [2.05, 4.69) is 10.6 Å². The van der Waals surface area contributed by atoms with Crippen molar-refractivity contribution in [1.82, 2.24) is 15.1 Å². The highest BCUT2D eigenvalue weighted by Crippen LogP contribution is 2.20. The van der Waals surface area contributed by atoms with Gasteiger partial charge in [-0.3, -0.25) is 19.3 Å². The van der Waals surface area contributed by atoms with E-state index < -0.39 is 0 Å². The van der Waals surface area contributed by atoms with E-state index in [0.29, 0.717) is 47.5 Å². The topological polar surface area (TPSA) is 81.8 Å². The minimum atomic E-state index is -0.237. The van der Waals surface area contributed by atoms with Gasteiger partial charge in [0.2, 0.25) is 11.8 Å². The van der Waals surface area contributed by atoms with Crippen LogP contribution in [0.25, 0.3) is 0 Å². The Balaban J connectivity index is 1.35. The largest absolute Gasteiger partial charge is 0.352 e. The van der Waals surface area contributed by atoms with Crippen molar-refractivity contribution in [3.05, 3.63) is 64.1 Å². The molecule has 0 aromatic heterocycles. The van der Waals surface area contributed by atoms with Gasteiger partial charge in [0.05, 0.1) is 17.3 Å². The molecule has 0 bridgehead atoms. The molecule has 1 heterocycles. The molecule has 31 heavy (non-hydrogen) atoms. The first-order valence-electron chi connectivity index (χ1n) is 10.0. The summed E-state index contributed by atoms with van der Waals surface area (Å²) in [7, 11) is 0. The summed E-state index contributed by atoms with van der Waals surface area (Å²) in [5, 5.41) is 6.61. The molecule has 1 aliphatic heterocycles. The van der Waals surface area contributed by atoms with E-state index in [-0.39, 0.29) is 37.2 Å². The minimum Gasteiger partial charge on any atom is -0.352 e. The Labute approximate surface area is 191 Å². The molecule has 3 rings (SSSR count). The van der Waals surface area contributed by atoms with Gasteiger partial charge in [-0.15, -0.1) is 0 Å². The lowest BCUT2D eigenvalue weighted by molar-refractivity contribution is -0.132. The third-order valence-corrected chi connectivity index (χ3v) is 5.55. The number of anilines is 1. The first kappa shape index (κ1) is 23.1. The number of carbonyl (C=O) groups is 3. The Hall–Kier alpha value is -2.61. The van der Waals surface area contributed by atoms with Crippen molar-refractivity contribution >= 4 is 46.6 Å². The molecule has 0 aliphatic carbocycles. The third kappa shape index (κ3) is 6.95. The van der Waals surface area contributed by atoms with Crippen LogP contribution in [0.2, 0.25) is 10.0 Å². The summed E-state index contributed by atoms with van der Waals surface area (Å²) in [4.78, 5) is 40.5. The van der Waals surface area contributed by atoms with Crippen LogP contribution in [0.4, 0.5) is 5.69 Å². The highest BCUT2D eigenvalue weighted by Gasteiger charge is 2.22. The lowest BCUT2D eigenvalue weighted by Crippen LogP contribution is -2.50. The fourth-order valence-electron chi connectivity index (χ4n) is 3.26. The number of rotatable bonds is 7. The smallest absolute Gasteiger partial charge is 0.251 e. The van der Waals surface area contributed by atoms with Gasteiger partial charge in [-0.05, 0) is 36.4 Å². The number of hydrogen-bond donors (Lipinski definition) is 2. The molecule has 3 amide bonds. The van der Waals surface area contributed by atoms with E-state index in [1.807, 2.05) is 11.0 Å². The highest BCUT2D eigenvalue weighted by atomic mass is 35.5. The summed E-state index contributed by atoms with van der Waals surface area (Å²) in [6, 6.07) is 13.7. The number of para-hydroxylation sites is 1. The standard InChI is InChI=1S/C22H24Cl2N4O3/c23-17-7-5-16(6-8-17)22(31)25-10-9-21(30)28-13-11-27(12-14-28)15-20(29)26-19-4-2-1-3-18(19)24/h1-8H,9-15H2,(H,25,31)(H,26,29). The van der Waals surface area contributed by atoms with Crippen molar-refractivity contribution in [2.75, 3.05) is 44.6 Å². The Kier molecular flexibility index (Phi) is 8.28. The molecule has 2 N–H and O–H groups in total. The minimum absolute atomic E-state index is 0.0171. The molecule has 9 heteroatoms. The average Bonchev–Trinajstić information content (AvgIpc) is 2.76. The zero-order valence-electron chi connectivity index (χ0n) is 16.9. The zero-order valence-corrected chi connectivity index (χ0v) is 18.5. The number of hydrogen-bond acceptors (Lipinski definition) is 4. The maximum absolute atomic E-state index is 12.4. The second kappa shape index (κ2) is 11.1. The predicted octanol–water partition coefficient (Wildman–Crippen LogP) is 2.90. The molecule has 0 saturated carbocycles. The van der Waals surface area contributed by atoms with Crippen molar-refractivity contribution in [2.45, 2.75) is 6.42 Å². The zero-order chi connectivity index (χ0) is 22.2. The fraction of sp³-hybridized carbons (Fsp3) is 0.318. The maximum Gasteiger partial charge on any atom is 0.251 e. The summed E-state index contributed by atoms with van der Waals surface area (Å²) in [6.45, 7) is 2.81. The lowest BCUT2D eigenvalue weighted by atomic mass is 10.2. The van der Waals surface area contributed by atoms with Gasteiger partial charge in [0.25, 0.3) is 5.91 Å². The van der Waals surface area contributed by atoms with Gasteiger partial charge in [0.1, 0.15) is 0 Å². The van der Waals surface area contributed by atoms with Crippen LogP contribution in [0.5, 0.6) is 0 Å². The van der Waals surface area contributed by atoms with Crippen LogP contribution in [0.3, 0.4) is 0 Å². The van der Waals surface area contributed by atoms with Crippen molar-refractivity contribution in [2.24, 2.45) is 0 Å². The number of carbonyl (C=O) groups excluding carboxylic acids is 3. The van der Waals surface area contributed by atoms with Crippen molar-refractivity contribution < 1.29 is 14.4 Å². The summed E-state index contributed by atoms with van der Waals surface area (Å²) in [5.41, 5.74) is 1.09. The number of piperazine rings is 1. The molecule has 1 fully saturated rings. The number of nitrogens with one attached hydrogen (secondary N) is 2. The van der Waals surface area contributed by atoms with E-state index in [0.717, 1.165) is 0 Å². The van der Waals surface area contributed by atoms with Crippen LogP contribution in [-0.2, 0) is 9.59 Å². The van der Waals surface area contributed by atoms with Crippen LogP contribution in [0, 0.1) is 0 Å². The first-order chi connectivity index (χ1) is 14.9. The molecule has 1 saturated heterocycles. The third-order valence-electron chi connectivity index (χ3n) is 4.97. The monoisotopic (exact) mass is 462 g/mol. The second-order valence-corrected chi connectivity index (χ2v) is 8.04. The van der Waals surface area contributed by atoms with Crippen molar-refractivity contribution in [1.29, 1.82) is 0 Å². The molecular weight excluding hydrogens is 439 g/mol. The SMILES string of the molecule is O=C(CN1CCN(C(=O)CCNC(=O)c2ccc(Cl)cc2)CC1)Nc1ccccc1Cl. The quantitative estimate of drug-likeness (QED) is 0.662. The van der Waals surface area contributed by atoms with Gasteiger partial charge in [0, 0.05) is 49.7 Å². The number of nitrogens with zero attached hydrogens (tertiary/aromatic N) is 2. The maximum atomic E-state index is 12.4. The first-order valence-corrected chi connectivity index (χ1v) is 10.8. The molecule has 164 valence electrons. The molecule has 0 spiro atoms. The van der Waals surface area contributed by atoms with E-state index in [1.54, 1.807) is 47.4 Å². The van der Waals surface area contributed by atoms with Crippen LogP contribution in [0.1, 0.15) is 16.8 Å². The number of halogens is 2. The summed E-state index contributed by atoms with van der Waals surface area (Å²) >= 11 is 11.9. The Morgan fingerprint density at radius 3 is 2.26 bits per heavy atom. The van der Waals surface area contributed by atoms with Gasteiger partial charge >= 0.3 is 0 Å². The van der Waals surface area contributed by atoms with Gasteiger partial charge in [0.15, 0.2) is 0 Å². The van der Waals surface area contributed by atoms with E-state index >= 15 is 0 Å². The van der Waals surface area contributed by atoms with E-state index in [1.165, 1.54) is 0 Å². The van der Waals surface area contributed by atoms with Gasteiger partial charge in [-0.25, -0.2) is 0 Å². The Morgan fingerprint density at radius 1 is 0.903 bits per heavy atom. The van der Waals surface area contributed by atoms with Gasteiger partial charge in [-0.1, -0.05) is 35.3 Å². The Morgan fingerprint density at radius 2 is 1.58 bits per heavy atom. The molecule has 2 aromatic carbocycles. The highest BCUT2D eigenvalue weighted by molar-refractivity contribution is 6.33. The Bertz CT molecular complexity index is 929. The fourth-order valence-corrected chi connectivity index (χ4v) is 3.56. The average molecular weight is 463 g/mol. The van der Waals surface area contributed by atoms with Crippen LogP contribution < -0.4 is 10.6 Å². The molecule has 1 aliphatic rings. The summed E-state index contributed by atoms with van der Waals surface area (Å²) in [5.74, 6) is -0.395. The molecule has 0 unspecified atom stereocenters. The number of benzene rings is 2.